The fourth-order valence-corrected chi connectivity index (χ4v) is 8.25. The Bertz CT molecular complexity index is 1700. The van der Waals surface area contributed by atoms with Crippen LogP contribution in [0.3, 0.4) is 0 Å². The number of allylic oxidation sites excluding steroid dienone is 23. The molecule has 0 aliphatic carbocycles. The average molecular weight is 1060 g/mol. The van der Waals surface area contributed by atoms with E-state index < -0.39 is 12.1 Å². The minimum Gasteiger partial charge on any atom is -0.462 e. The minimum atomic E-state index is -0.867. The van der Waals surface area contributed by atoms with E-state index in [4.69, 9.17) is 14.2 Å². The van der Waals surface area contributed by atoms with E-state index in [1.54, 1.807) is 6.08 Å². The zero-order valence-corrected chi connectivity index (χ0v) is 49.7. The zero-order chi connectivity index (χ0) is 55.7. The van der Waals surface area contributed by atoms with E-state index in [-0.39, 0.29) is 38.0 Å². The van der Waals surface area contributed by atoms with Gasteiger partial charge in [-0.25, -0.2) is 0 Å². The molecule has 1 unspecified atom stereocenters. The van der Waals surface area contributed by atoms with Crippen LogP contribution in [0.15, 0.2) is 146 Å². The lowest BCUT2D eigenvalue weighted by molar-refractivity contribution is -0.166. The highest BCUT2D eigenvalue weighted by Gasteiger charge is 2.19. The molecule has 0 saturated carbocycles. The van der Waals surface area contributed by atoms with E-state index in [2.05, 4.69) is 142 Å². The molecule has 6 heteroatoms. The van der Waals surface area contributed by atoms with Crippen molar-refractivity contribution >= 4 is 17.9 Å². The molecule has 0 saturated heterocycles. The topological polar surface area (TPSA) is 78.9 Å². The van der Waals surface area contributed by atoms with Crippen LogP contribution in [0.5, 0.6) is 0 Å². The molecule has 77 heavy (non-hydrogen) atoms. The van der Waals surface area contributed by atoms with E-state index in [1.807, 2.05) is 18.2 Å². The first-order chi connectivity index (χ1) is 38.0. The third-order valence-corrected chi connectivity index (χ3v) is 12.9. The number of ether oxygens (including phenoxy) is 3. The summed E-state index contributed by atoms with van der Waals surface area (Å²) in [6, 6.07) is 0. The molecule has 0 radical (unpaired) electrons. The second-order valence-corrected chi connectivity index (χ2v) is 20.2. The van der Waals surface area contributed by atoms with Crippen LogP contribution in [0, 0.1) is 0 Å². The third kappa shape index (κ3) is 62.0. The molecule has 0 N–H and O–H groups in total. The molecule has 1 atom stereocenters. The Hall–Kier alpha value is -4.71. The maximum absolute atomic E-state index is 12.8. The highest BCUT2D eigenvalue weighted by Crippen LogP contribution is 2.15. The molecule has 0 bridgehead atoms. The second kappa shape index (κ2) is 63.8. The Kier molecular flexibility index (Phi) is 59.9. The second-order valence-electron chi connectivity index (χ2n) is 20.2. The fourth-order valence-electron chi connectivity index (χ4n) is 8.25. The summed E-state index contributed by atoms with van der Waals surface area (Å²) < 4.78 is 16.7. The van der Waals surface area contributed by atoms with Crippen LogP contribution >= 0.6 is 0 Å². The van der Waals surface area contributed by atoms with Crippen molar-refractivity contribution in [3.05, 3.63) is 146 Å². The molecule has 0 rings (SSSR count). The standard InChI is InChI=1S/C71H114O6/c1-4-7-10-13-16-19-22-25-27-28-29-30-31-32-33-34-35-36-37-38-39-40-41-42-44-46-49-52-55-58-61-64-70(73)76-67-68(66-75-69(72)63-60-57-54-51-48-45-24-21-18-15-12-9-6-3)77-71(74)65-62-59-56-53-50-47-43-26-23-20-17-14-11-8-5-2/h8-9,11-12,17-18,20-22,25-26,28-29,31-32,43,45,48,50,53-54,57,59,62,68H,4-7,10,13-16,19,23-24,27,30,33-42,44,46-47,49,51-52,55-56,58,60-61,63-67H2,1-3H3/b11-8-,12-9-,20-17-,21-18-,25-22-,29-28-,32-31-,43-26-,48-45-,53-50-,57-54-,62-59-. The first-order valence-electron chi connectivity index (χ1n) is 31.3. The molecular formula is C71H114O6. The van der Waals surface area contributed by atoms with Crippen LogP contribution < -0.4 is 0 Å². The lowest BCUT2D eigenvalue weighted by Gasteiger charge is -2.18. The van der Waals surface area contributed by atoms with Crippen molar-refractivity contribution in [3.8, 4) is 0 Å². The van der Waals surface area contributed by atoms with Gasteiger partial charge in [0.1, 0.15) is 13.2 Å². The van der Waals surface area contributed by atoms with Crippen molar-refractivity contribution in [1.29, 1.82) is 0 Å². The number of rotatable bonds is 55. The van der Waals surface area contributed by atoms with E-state index in [1.165, 1.54) is 128 Å². The van der Waals surface area contributed by atoms with Gasteiger partial charge in [-0.05, 0) is 109 Å². The molecule has 0 amide bonds. The van der Waals surface area contributed by atoms with Crippen LogP contribution in [0.1, 0.15) is 265 Å². The quantitative estimate of drug-likeness (QED) is 0.0261. The Labute approximate surface area is 474 Å². The number of unbranched alkanes of at least 4 members (excludes halogenated alkanes) is 21. The molecule has 6 nitrogen and oxygen atoms in total. The number of hydrogen-bond donors (Lipinski definition) is 0. The number of hydrogen-bond acceptors (Lipinski definition) is 6. The fraction of sp³-hybridized carbons (Fsp3) is 0.620. The summed E-state index contributed by atoms with van der Waals surface area (Å²) in [5.74, 6) is -1.16. The Morgan fingerprint density at radius 2 is 0.571 bits per heavy atom. The maximum Gasteiger partial charge on any atom is 0.310 e. The predicted molar refractivity (Wildman–Crippen MR) is 334 cm³/mol. The van der Waals surface area contributed by atoms with Crippen molar-refractivity contribution in [2.45, 2.75) is 271 Å². The summed E-state index contributed by atoms with van der Waals surface area (Å²) >= 11 is 0. The molecule has 434 valence electrons. The van der Waals surface area contributed by atoms with Gasteiger partial charge in [-0.2, -0.15) is 0 Å². The van der Waals surface area contributed by atoms with Crippen molar-refractivity contribution in [2.24, 2.45) is 0 Å². The Morgan fingerprint density at radius 1 is 0.286 bits per heavy atom. The highest BCUT2D eigenvalue weighted by atomic mass is 16.6. The third-order valence-electron chi connectivity index (χ3n) is 12.9. The zero-order valence-electron chi connectivity index (χ0n) is 49.7. The molecular weight excluding hydrogens is 949 g/mol. The summed E-state index contributed by atoms with van der Waals surface area (Å²) in [5.41, 5.74) is 0. The molecule has 0 heterocycles. The van der Waals surface area contributed by atoms with Crippen LogP contribution in [0.4, 0.5) is 0 Å². The number of esters is 3. The van der Waals surface area contributed by atoms with Gasteiger partial charge >= 0.3 is 17.9 Å². The summed E-state index contributed by atoms with van der Waals surface area (Å²) in [7, 11) is 0. The van der Waals surface area contributed by atoms with Crippen LogP contribution in [0.2, 0.25) is 0 Å². The normalized spacial score (nSPS) is 13.1. The van der Waals surface area contributed by atoms with Gasteiger partial charge in [-0.3, -0.25) is 14.4 Å². The smallest absolute Gasteiger partial charge is 0.310 e. The van der Waals surface area contributed by atoms with Crippen molar-refractivity contribution in [2.75, 3.05) is 13.2 Å². The van der Waals surface area contributed by atoms with Crippen molar-refractivity contribution in [1.82, 2.24) is 0 Å². The van der Waals surface area contributed by atoms with Gasteiger partial charge < -0.3 is 14.2 Å². The van der Waals surface area contributed by atoms with E-state index in [0.29, 0.717) is 19.3 Å². The number of carbonyl (C=O) groups is 3. The SMILES string of the molecule is CC/C=C\C/C=C\C/C=C\C/C=C\C/C=C\CC(=O)OC(COC(=O)CC/C=C\C/C=C\C/C=C\C/C=C\CC)COC(=O)CCCCCCCCCCCCCCCCCC/C=C\C/C=C\C/C=C\CCCCCCC. The molecule has 0 fully saturated rings. The highest BCUT2D eigenvalue weighted by molar-refractivity contribution is 5.72. The summed E-state index contributed by atoms with van der Waals surface area (Å²) in [5, 5.41) is 0. The summed E-state index contributed by atoms with van der Waals surface area (Å²) in [6.45, 7) is 6.24. The molecule has 0 aliphatic rings. The maximum atomic E-state index is 12.8. The Morgan fingerprint density at radius 3 is 0.935 bits per heavy atom. The first kappa shape index (κ1) is 72.3. The Balaban J connectivity index is 4.31. The van der Waals surface area contributed by atoms with Gasteiger partial charge in [0.2, 0.25) is 0 Å². The molecule has 0 aromatic heterocycles. The van der Waals surface area contributed by atoms with Crippen LogP contribution in [0.25, 0.3) is 0 Å². The van der Waals surface area contributed by atoms with Gasteiger partial charge in [0.25, 0.3) is 0 Å². The van der Waals surface area contributed by atoms with Gasteiger partial charge in [-0.1, -0.05) is 282 Å². The van der Waals surface area contributed by atoms with E-state index in [0.717, 1.165) is 83.5 Å². The molecule has 0 aromatic carbocycles. The summed E-state index contributed by atoms with van der Waals surface area (Å²) in [6.07, 6.45) is 92.0. The van der Waals surface area contributed by atoms with Gasteiger partial charge in [0.05, 0.1) is 6.42 Å². The first-order valence-corrected chi connectivity index (χ1v) is 31.3. The molecule has 0 aromatic rings. The van der Waals surface area contributed by atoms with E-state index in [9.17, 15) is 14.4 Å². The molecule has 0 aliphatic heterocycles. The van der Waals surface area contributed by atoms with Gasteiger partial charge in [0, 0.05) is 12.8 Å². The lowest BCUT2D eigenvalue weighted by atomic mass is 10.0. The largest absolute Gasteiger partial charge is 0.462 e. The van der Waals surface area contributed by atoms with Crippen LogP contribution in [-0.2, 0) is 28.6 Å². The van der Waals surface area contributed by atoms with Gasteiger partial charge in [0.15, 0.2) is 6.10 Å². The number of carbonyl (C=O) groups excluding carboxylic acids is 3. The van der Waals surface area contributed by atoms with Crippen molar-refractivity contribution in [3.63, 3.8) is 0 Å². The summed E-state index contributed by atoms with van der Waals surface area (Å²) in [4.78, 5) is 38.1. The monoisotopic (exact) mass is 1060 g/mol. The average Bonchev–Trinajstić information content (AvgIpc) is 3.43. The lowest BCUT2D eigenvalue weighted by Crippen LogP contribution is -2.30. The van der Waals surface area contributed by atoms with Crippen molar-refractivity contribution < 1.29 is 28.6 Å². The van der Waals surface area contributed by atoms with Gasteiger partial charge in [-0.15, -0.1) is 0 Å². The molecule has 0 spiro atoms. The van der Waals surface area contributed by atoms with Crippen LogP contribution in [-0.4, -0.2) is 37.2 Å². The van der Waals surface area contributed by atoms with E-state index >= 15 is 0 Å². The predicted octanol–water partition coefficient (Wildman–Crippen LogP) is 21.5. The minimum absolute atomic E-state index is 0.0773.